The molecule has 0 fully saturated rings. The van der Waals surface area contributed by atoms with Crippen molar-refractivity contribution in [1.29, 1.82) is 0 Å². The molecule has 2 N–H and O–H groups in total. The molecule has 0 unspecified atom stereocenters. The van der Waals surface area contributed by atoms with E-state index in [0.717, 1.165) is 0 Å². The van der Waals surface area contributed by atoms with Gasteiger partial charge in [-0.3, -0.25) is 14.2 Å². The molecular formula is C21H24N4O6S. The van der Waals surface area contributed by atoms with Crippen molar-refractivity contribution in [2.24, 2.45) is 0 Å². The maximum Gasteiger partial charge on any atom is 0.261 e. The first-order valence-corrected chi connectivity index (χ1v) is 11.2. The van der Waals surface area contributed by atoms with E-state index in [4.69, 9.17) is 9.47 Å². The van der Waals surface area contributed by atoms with Gasteiger partial charge in [0, 0.05) is 24.7 Å². The Morgan fingerprint density at radius 1 is 1.09 bits per heavy atom. The van der Waals surface area contributed by atoms with Crippen molar-refractivity contribution in [2.45, 2.75) is 24.3 Å². The van der Waals surface area contributed by atoms with E-state index in [9.17, 15) is 18.0 Å². The molecule has 3 aromatic rings. The summed E-state index contributed by atoms with van der Waals surface area (Å²) in [5, 5.41) is 3.10. The fourth-order valence-corrected chi connectivity index (χ4v) is 3.84. The van der Waals surface area contributed by atoms with Gasteiger partial charge in [-0.1, -0.05) is 0 Å². The second kappa shape index (κ2) is 9.79. The maximum atomic E-state index is 12.8. The largest absolute Gasteiger partial charge is 0.493 e. The van der Waals surface area contributed by atoms with Gasteiger partial charge in [-0.2, -0.15) is 0 Å². The highest BCUT2D eigenvalue weighted by Gasteiger charge is 2.13. The van der Waals surface area contributed by atoms with E-state index < -0.39 is 10.0 Å². The van der Waals surface area contributed by atoms with E-state index >= 15 is 0 Å². The molecule has 11 heteroatoms. The lowest BCUT2D eigenvalue weighted by Crippen LogP contribution is -2.22. The van der Waals surface area contributed by atoms with E-state index in [1.54, 1.807) is 12.1 Å². The maximum absolute atomic E-state index is 12.8. The summed E-state index contributed by atoms with van der Waals surface area (Å²) in [4.78, 5) is 29.4. The van der Waals surface area contributed by atoms with Crippen molar-refractivity contribution < 1.29 is 22.7 Å². The van der Waals surface area contributed by atoms with Crippen LogP contribution < -0.4 is 25.1 Å². The number of methoxy groups -OCH3 is 2. The molecule has 0 saturated carbocycles. The molecule has 2 aromatic carbocycles. The highest BCUT2D eigenvalue weighted by atomic mass is 32.2. The first-order chi connectivity index (χ1) is 15.3. The van der Waals surface area contributed by atoms with Crippen molar-refractivity contribution in [3.8, 4) is 11.5 Å². The van der Waals surface area contributed by atoms with Gasteiger partial charge in [-0.25, -0.2) is 18.1 Å². The number of nitrogens with zero attached hydrogens (tertiary/aromatic N) is 2. The van der Waals surface area contributed by atoms with Crippen LogP contribution in [0, 0.1) is 0 Å². The van der Waals surface area contributed by atoms with E-state index in [1.807, 2.05) is 0 Å². The third kappa shape index (κ3) is 5.06. The molecule has 0 bridgehead atoms. The number of carbonyl (C=O) groups is 1. The lowest BCUT2D eigenvalue weighted by molar-refractivity contribution is -0.116. The number of nitrogens with one attached hydrogen (secondary N) is 2. The van der Waals surface area contributed by atoms with Gasteiger partial charge in [-0.15, -0.1) is 0 Å². The zero-order valence-electron chi connectivity index (χ0n) is 17.9. The minimum atomic E-state index is -3.53. The van der Waals surface area contributed by atoms with Gasteiger partial charge in [0.05, 0.1) is 36.3 Å². The highest BCUT2D eigenvalue weighted by Crippen LogP contribution is 2.29. The van der Waals surface area contributed by atoms with Crippen molar-refractivity contribution in [3.05, 3.63) is 53.1 Å². The van der Waals surface area contributed by atoms with Crippen molar-refractivity contribution >= 4 is 32.5 Å². The van der Waals surface area contributed by atoms with Crippen molar-refractivity contribution in [3.63, 3.8) is 0 Å². The quantitative estimate of drug-likeness (QED) is 0.498. The molecule has 170 valence electrons. The van der Waals surface area contributed by atoms with Gasteiger partial charge in [0.1, 0.15) is 0 Å². The number of hydrogen-bond acceptors (Lipinski definition) is 7. The summed E-state index contributed by atoms with van der Waals surface area (Å²) >= 11 is 0. The van der Waals surface area contributed by atoms with Crippen LogP contribution in [0.3, 0.4) is 0 Å². The Hall–Kier alpha value is -3.44. The van der Waals surface area contributed by atoms with Crippen LogP contribution in [0.5, 0.6) is 11.5 Å². The van der Waals surface area contributed by atoms with Crippen molar-refractivity contribution in [2.75, 3.05) is 26.6 Å². The summed E-state index contributed by atoms with van der Waals surface area (Å²) in [5.74, 6) is 0.671. The number of anilines is 1. The lowest BCUT2D eigenvalue weighted by atomic mass is 10.2. The Bertz CT molecular complexity index is 1290. The SMILES string of the molecule is CNS(=O)(=O)c1ccc(NC(=O)CCCn2cnc3cc(OC)c(OC)cc3c2=O)cc1. The van der Waals surface area contributed by atoms with E-state index in [-0.39, 0.29) is 22.8 Å². The number of amides is 1. The molecule has 1 aromatic heterocycles. The third-order valence-corrected chi connectivity index (χ3v) is 6.28. The van der Waals surface area contributed by atoms with Gasteiger partial charge in [0.25, 0.3) is 5.56 Å². The Kier molecular flexibility index (Phi) is 7.11. The van der Waals surface area contributed by atoms with Gasteiger partial charge in [0.2, 0.25) is 15.9 Å². The van der Waals surface area contributed by atoms with E-state index in [2.05, 4.69) is 15.0 Å². The second-order valence-electron chi connectivity index (χ2n) is 6.85. The fourth-order valence-electron chi connectivity index (χ4n) is 3.11. The van der Waals surface area contributed by atoms with Gasteiger partial charge in [-0.05, 0) is 43.8 Å². The number of hydrogen-bond donors (Lipinski definition) is 2. The molecule has 10 nitrogen and oxygen atoms in total. The number of fused-ring (bicyclic) bond motifs is 1. The minimum Gasteiger partial charge on any atom is -0.493 e. The number of aromatic nitrogens is 2. The molecule has 0 spiro atoms. The van der Waals surface area contributed by atoms with Gasteiger partial charge < -0.3 is 14.8 Å². The number of rotatable bonds is 9. The van der Waals surface area contributed by atoms with Crippen LogP contribution in [-0.2, 0) is 21.4 Å². The number of ether oxygens (including phenoxy) is 2. The molecule has 0 aliphatic carbocycles. The zero-order chi connectivity index (χ0) is 23.3. The van der Waals surface area contributed by atoms with Crippen molar-refractivity contribution in [1.82, 2.24) is 14.3 Å². The molecule has 3 rings (SSSR count). The molecule has 32 heavy (non-hydrogen) atoms. The normalized spacial score (nSPS) is 11.3. The number of sulfonamides is 1. The summed E-state index contributed by atoms with van der Waals surface area (Å²) < 4.78 is 37.6. The van der Waals surface area contributed by atoms with E-state index in [1.165, 1.54) is 56.4 Å². The molecule has 1 heterocycles. The topological polar surface area (TPSA) is 129 Å². The molecule has 0 aliphatic rings. The summed E-state index contributed by atoms with van der Waals surface area (Å²) in [5.41, 5.74) is 0.735. The average Bonchev–Trinajstić information content (AvgIpc) is 2.80. The Morgan fingerprint density at radius 2 is 1.75 bits per heavy atom. The fraction of sp³-hybridized carbons (Fsp3) is 0.286. The minimum absolute atomic E-state index is 0.107. The van der Waals surface area contributed by atoms with Gasteiger partial charge in [0.15, 0.2) is 11.5 Å². The van der Waals surface area contributed by atoms with Crippen LogP contribution in [-0.4, -0.2) is 45.1 Å². The zero-order valence-corrected chi connectivity index (χ0v) is 18.7. The molecule has 0 atom stereocenters. The number of carbonyl (C=O) groups excluding carboxylic acids is 1. The van der Waals surface area contributed by atoms with Crippen LogP contribution in [0.1, 0.15) is 12.8 Å². The highest BCUT2D eigenvalue weighted by molar-refractivity contribution is 7.89. The Balaban J connectivity index is 1.63. The number of aryl methyl sites for hydroxylation is 1. The predicted molar refractivity (Wildman–Crippen MR) is 120 cm³/mol. The van der Waals surface area contributed by atoms with Crippen LogP contribution in [0.2, 0.25) is 0 Å². The summed E-state index contributed by atoms with van der Waals surface area (Å²) in [6, 6.07) is 9.07. The molecular weight excluding hydrogens is 436 g/mol. The Labute approximate surface area is 185 Å². The Morgan fingerprint density at radius 3 is 2.38 bits per heavy atom. The van der Waals surface area contributed by atoms with Crippen LogP contribution in [0.25, 0.3) is 10.9 Å². The standard InChI is InChI=1S/C21H24N4O6S/c1-22-32(28,29)15-8-6-14(7-9-15)24-20(26)5-4-10-25-13-23-17-12-19(31-3)18(30-2)11-16(17)21(25)27/h6-9,11-13,22H,4-5,10H2,1-3H3,(H,24,26). The first-order valence-electron chi connectivity index (χ1n) is 9.73. The number of benzene rings is 2. The molecule has 1 amide bonds. The average molecular weight is 461 g/mol. The monoisotopic (exact) mass is 460 g/mol. The molecule has 0 radical (unpaired) electrons. The summed E-state index contributed by atoms with van der Waals surface area (Å²) in [6.07, 6.45) is 2.03. The van der Waals surface area contributed by atoms with Crippen LogP contribution in [0.4, 0.5) is 5.69 Å². The van der Waals surface area contributed by atoms with E-state index in [0.29, 0.717) is 41.1 Å². The smallest absolute Gasteiger partial charge is 0.261 e. The predicted octanol–water partition coefficient (Wildman–Crippen LogP) is 1.74. The molecule has 0 aliphatic heterocycles. The lowest BCUT2D eigenvalue weighted by Gasteiger charge is -2.11. The second-order valence-corrected chi connectivity index (χ2v) is 8.74. The third-order valence-electron chi connectivity index (χ3n) is 4.85. The first kappa shape index (κ1) is 23.2. The van der Waals surface area contributed by atoms with Gasteiger partial charge >= 0.3 is 0 Å². The van der Waals surface area contributed by atoms with Crippen LogP contribution in [0.15, 0.2) is 52.4 Å². The molecule has 0 saturated heterocycles. The van der Waals surface area contributed by atoms with Crippen LogP contribution >= 0.6 is 0 Å². The summed E-state index contributed by atoms with van der Waals surface area (Å²) in [7, 11) is 0.795. The summed E-state index contributed by atoms with van der Waals surface area (Å²) in [6.45, 7) is 0.308.